The van der Waals surface area contributed by atoms with E-state index in [0.717, 1.165) is 23.6 Å². The van der Waals surface area contributed by atoms with Crippen molar-refractivity contribution in [2.24, 2.45) is 16.1 Å². The maximum absolute atomic E-state index is 11.3. The maximum atomic E-state index is 11.3. The fraction of sp³-hybridized carbons (Fsp3) is 0.500. The average molecular weight is 453 g/mol. The number of guanidine groups is 1. The highest BCUT2D eigenvalue weighted by atomic mass is 127. The van der Waals surface area contributed by atoms with Gasteiger partial charge >= 0.3 is 0 Å². The second-order valence-corrected chi connectivity index (χ2v) is 6.12. The van der Waals surface area contributed by atoms with Crippen molar-refractivity contribution in [3.05, 3.63) is 34.9 Å². The van der Waals surface area contributed by atoms with Gasteiger partial charge in [0, 0.05) is 18.1 Å². The van der Waals surface area contributed by atoms with Gasteiger partial charge in [0.05, 0.1) is 12.0 Å². The first-order chi connectivity index (χ1) is 10.4. The van der Waals surface area contributed by atoms with Gasteiger partial charge in [0.1, 0.15) is 0 Å². The van der Waals surface area contributed by atoms with E-state index in [1.165, 1.54) is 0 Å². The highest BCUT2D eigenvalue weighted by molar-refractivity contribution is 14.0. The van der Waals surface area contributed by atoms with Gasteiger partial charge in [0.2, 0.25) is 5.91 Å². The molecule has 0 aliphatic carbocycles. The van der Waals surface area contributed by atoms with Crippen LogP contribution in [0, 0.1) is 5.41 Å². The van der Waals surface area contributed by atoms with Crippen molar-refractivity contribution in [3.63, 3.8) is 0 Å². The molecule has 130 valence electrons. The van der Waals surface area contributed by atoms with Crippen LogP contribution in [0.5, 0.6) is 0 Å². The lowest BCUT2D eigenvalue weighted by Gasteiger charge is -2.19. The van der Waals surface area contributed by atoms with E-state index in [0.29, 0.717) is 19.0 Å². The molecule has 0 saturated heterocycles. The molecule has 0 radical (unpaired) electrons. The van der Waals surface area contributed by atoms with E-state index in [2.05, 4.69) is 15.6 Å². The fourth-order valence-electron chi connectivity index (χ4n) is 1.71. The number of rotatable bonds is 7. The van der Waals surface area contributed by atoms with Gasteiger partial charge < -0.3 is 16.4 Å². The molecule has 0 aromatic heterocycles. The highest BCUT2D eigenvalue weighted by Crippen LogP contribution is 2.15. The zero-order valence-corrected chi connectivity index (χ0v) is 16.9. The van der Waals surface area contributed by atoms with E-state index >= 15 is 0 Å². The lowest BCUT2D eigenvalue weighted by molar-refractivity contribution is -0.125. The van der Waals surface area contributed by atoms with Crippen LogP contribution in [0.4, 0.5) is 0 Å². The summed E-state index contributed by atoms with van der Waals surface area (Å²) in [6.07, 6.45) is 0.795. The van der Waals surface area contributed by atoms with Gasteiger partial charge in [-0.3, -0.25) is 9.79 Å². The first-order valence-corrected chi connectivity index (χ1v) is 7.80. The summed E-state index contributed by atoms with van der Waals surface area (Å²) >= 11 is 6.13. The summed E-state index contributed by atoms with van der Waals surface area (Å²) in [4.78, 5) is 15.7. The minimum Gasteiger partial charge on any atom is -0.369 e. The normalized spacial score (nSPS) is 11.6. The fourth-order valence-corrected chi connectivity index (χ4v) is 1.94. The molecule has 1 rings (SSSR count). The van der Waals surface area contributed by atoms with Gasteiger partial charge in [-0.25, -0.2) is 0 Å². The number of amides is 1. The molecule has 5 nitrogen and oxygen atoms in total. The Kier molecular flexibility index (Phi) is 10.2. The zero-order valence-electron chi connectivity index (χ0n) is 13.9. The van der Waals surface area contributed by atoms with Crippen LogP contribution in [-0.2, 0) is 11.2 Å². The van der Waals surface area contributed by atoms with Crippen LogP contribution in [0.25, 0.3) is 0 Å². The van der Waals surface area contributed by atoms with Gasteiger partial charge in [-0.15, -0.1) is 24.0 Å². The summed E-state index contributed by atoms with van der Waals surface area (Å²) in [5.74, 6) is 0.312. The second kappa shape index (κ2) is 10.7. The number of nitrogens with zero attached hydrogens (tertiary/aromatic N) is 1. The second-order valence-electron chi connectivity index (χ2n) is 5.71. The largest absolute Gasteiger partial charge is 0.369 e. The number of carbonyl (C=O) groups excluding carboxylic acids is 1. The SMILES string of the molecule is CCNC(=NCC(C)(C)C(N)=O)NCCc1ccccc1Cl.I. The average Bonchev–Trinajstić information content (AvgIpc) is 2.46. The molecule has 0 aliphatic heterocycles. The van der Waals surface area contributed by atoms with Gasteiger partial charge in [0.25, 0.3) is 0 Å². The third kappa shape index (κ3) is 7.87. The van der Waals surface area contributed by atoms with Crippen molar-refractivity contribution in [2.75, 3.05) is 19.6 Å². The molecule has 1 amide bonds. The predicted molar refractivity (Wildman–Crippen MR) is 108 cm³/mol. The number of aliphatic imine (C=N–C) groups is 1. The molecule has 0 fully saturated rings. The third-order valence-corrected chi connectivity index (χ3v) is 3.66. The molecule has 0 atom stereocenters. The van der Waals surface area contributed by atoms with E-state index in [1.54, 1.807) is 13.8 Å². The molecule has 0 saturated carbocycles. The molecule has 4 N–H and O–H groups in total. The van der Waals surface area contributed by atoms with Crippen molar-refractivity contribution < 1.29 is 4.79 Å². The van der Waals surface area contributed by atoms with E-state index in [9.17, 15) is 4.79 Å². The first-order valence-electron chi connectivity index (χ1n) is 7.42. The monoisotopic (exact) mass is 452 g/mol. The van der Waals surface area contributed by atoms with Crippen LogP contribution in [0.1, 0.15) is 26.3 Å². The molecular formula is C16H26ClIN4O. The molecule has 0 spiro atoms. The van der Waals surface area contributed by atoms with Crippen LogP contribution >= 0.6 is 35.6 Å². The molecule has 0 bridgehead atoms. The summed E-state index contributed by atoms with van der Waals surface area (Å²) in [5.41, 5.74) is 5.79. The molecule has 0 heterocycles. The molecular weight excluding hydrogens is 427 g/mol. The van der Waals surface area contributed by atoms with Crippen LogP contribution in [-0.4, -0.2) is 31.5 Å². The Morgan fingerprint density at radius 1 is 1.30 bits per heavy atom. The number of carbonyl (C=O) groups is 1. The lowest BCUT2D eigenvalue weighted by atomic mass is 9.93. The molecule has 1 aromatic rings. The van der Waals surface area contributed by atoms with Crippen LogP contribution in [0.2, 0.25) is 5.02 Å². The Labute approximate surface area is 160 Å². The molecule has 7 heteroatoms. The topological polar surface area (TPSA) is 79.5 Å². The quantitative estimate of drug-likeness (QED) is 0.338. The van der Waals surface area contributed by atoms with E-state index in [1.807, 2.05) is 31.2 Å². The van der Waals surface area contributed by atoms with Crippen LogP contribution in [0.15, 0.2) is 29.3 Å². The Morgan fingerprint density at radius 2 is 1.96 bits per heavy atom. The number of halogens is 2. The Hall–Kier alpha value is -1.02. The summed E-state index contributed by atoms with van der Waals surface area (Å²) < 4.78 is 0. The minimum atomic E-state index is -0.662. The zero-order chi connectivity index (χ0) is 16.6. The van der Waals surface area contributed by atoms with Gasteiger partial charge in [0.15, 0.2) is 5.96 Å². The smallest absolute Gasteiger partial charge is 0.224 e. The molecule has 1 aromatic carbocycles. The Morgan fingerprint density at radius 3 is 2.52 bits per heavy atom. The van der Waals surface area contributed by atoms with E-state index in [-0.39, 0.29) is 29.9 Å². The number of hydrogen-bond donors (Lipinski definition) is 3. The first kappa shape index (κ1) is 22.0. The lowest BCUT2D eigenvalue weighted by Crippen LogP contribution is -2.40. The number of nitrogens with two attached hydrogens (primary N) is 1. The minimum absolute atomic E-state index is 0. The van der Waals surface area contributed by atoms with Crippen LogP contribution in [0.3, 0.4) is 0 Å². The van der Waals surface area contributed by atoms with Gasteiger partial charge in [-0.05, 0) is 38.8 Å². The van der Waals surface area contributed by atoms with E-state index in [4.69, 9.17) is 17.3 Å². The highest BCUT2D eigenvalue weighted by Gasteiger charge is 2.24. The predicted octanol–water partition coefficient (Wildman–Crippen LogP) is 2.57. The molecule has 0 aliphatic rings. The summed E-state index contributed by atoms with van der Waals surface area (Å²) in [6.45, 7) is 7.34. The summed E-state index contributed by atoms with van der Waals surface area (Å²) in [7, 11) is 0. The number of nitrogens with one attached hydrogen (secondary N) is 2. The van der Waals surface area contributed by atoms with Gasteiger partial charge in [-0.2, -0.15) is 0 Å². The number of benzene rings is 1. The standard InChI is InChI=1S/C16H25ClN4O.HI/c1-4-19-15(21-11-16(2,3)14(18)22)20-10-9-12-7-5-6-8-13(12)17;/h5-8H,4,9-11H2,1-3H3,(H2,18,22)(H2,19,20,21);1H. The third-order valence-electron chi connectivity index (χ3n) is 3.29. The van der Waals surface area contributed by atoms with Crippen molar-refractivity contribution in [1.82, 2.24) is 10.6 Å². The number of primary amides is 1. The molecule has 23 heavy (non-hydrogen) atoms. The van der Waals surface area contributed by atoms with Crippen molar-refractivity contribution >= 4 is 47.4 Å². The van der Waals surface area contributed by atoms with Crippen LogP contribution < -0.4 is 16.4 Å². The summed E-state index contributed by atoms with van der Waals surface area (Å²) in [5, 5.41) is 7.15. The summed E-state index contributed by atoms with van der Waals surface area (Å²) in [6, 6.07) is 7.77. The van der Waals surface area contributed by atoms with Crippen molar-refractivity contribution in [1.29, 1.82) is 0 Å². The molecule has 0 unspecified atom stereocenters. The van der Waals surface area contributed by atoms with Crippen molar-refractivity contribution in [3.8, 4) is 0 Å². The number of hydrogen-bond acceptors (Lipinski definition) is 2. The Bertz CT molecular complexity index is 535. The maximum Gasteiger partial charge on any atom is 0.224 e. The Balaban J connectivity index is 0.00000484. The van der Waals surface area contributed by atoms with Crippen molar-refractivity contribution in [2.45, 2.75) is 27.2 Å². The van der Waals surface area contributed by atoms with Gasteiger partial charge in [-0.1, -0.05) is 29.8 Å². The van der Waals surface area contributed by atoms with E-state index < -0.39 is 5.41 Å².